The molecule has 4 heteroatoms. The fourth-order valence-electron chi connectivity index (χ4n) is 2.87. The molecule has 4 nitrogen and oxygen atoms in total. The average Bonchev–Trinajstić information content (AvgIpc) is 2.55. The van der Waals surface area contributed by atoms with E-state index in [9.17, 15) is 9.59 Å². The van der Waals surface area contributed by atoms with Gasteiger partial charge in [-0.05, 0) is 32.9 Å². The van der Waals surface area contributed by atoms with Crippen molar-refractivity contribution in [2.24, 2.45) is 11.8 Å². The van der Waals surface area contributed by atoms with Crippen LogP contribution < -0.4 is 5.32 Å². The summed E-state index contributed by atoms with van der Waals surface area (Å²) in [5, 5.41) is 3.03. The Morgan fingerprint density at radius 1 is 1.19 bits per heavy atom. The zero-order chi connectivity index (χ0) is 11.5. The highest BCUT2D eigenvalue weighted by atomic mass is 16.2. The van der Waals surface area contributed by atoms with Gasteiger partial charge in [0.1, 0.15) is 0 Å². The normalized spacial score (nSPS) is 29.7. The van der Waals surface area contributed by atoms with Gasteiger partial charge in [0.25, 0.3) is 0 Å². The Morgan fingerprint density at radius 2 is 1.75 bits per heavy atom. The van der Waals surface area contributed by atoms with Crippen molar-refractivity contribution in [1.82, 2.24) is 10.2 Å². The monoisotopic (exact) mass is 224 g/mol. The minimum absolute atomic E-state index is 0.0100. The molecule has 1 saturated carbocycles. The first kappa shape index (κ1) is 11.6. The van der Waals surface area contributed by atoms with Gasteiger partial charge in [-0.2, -0.15) is 0 Å². The second-order valence-electron chi connectivity index (χ2n) is 4.78. The molecule has 1 aliphatic carbocycles. The van der Waals surface area contributed by atoms with Crippen LogP contribution in [0.4, 0.5) is 0 Å². The third-order valence-corrected chi connectivity index (χ3v) is 3.74. The number of rotatable bonds is 4. The molecule has 0 aromatic carbocycles. The van der Waals surface area contributed by atoms with Gasteiger partial charge in [-0.3, -0.25) is 14.5 Å². The Balaban J connectivity index is 1.98. The second-order valence-corrected chi connectivity index (χ2v) is 4.78. The number of nitrogens with one attached hydrogen (secondary N) is 1. The van der Waals surface area contributed by atoms with Gasteiger partial charge in [0.15, 0.2) is 0 Å². The van der Waals surface area contributed by atoms with Crippen LogP contribution >= 0.6 is 0 Å². The van der Waals surface area contributed by atoms with Crippen molar-refractivity contribution in [1.29, 1.82) is 0 Å². The zero-order valence-electron chi connectivity index (χ0n) is 9.87. The fraction of sp³-hybridized carbons (Fsp3) is 0.833. The van der Waals surface area contributed by atoms with E-state index in [1.807, 2.05) is 7.05 Å². The van der Waals surface area contributed by atoms with Crippen molar-refractivity contribution in [3.8, 4) is 0 Å². The standard InChI is InChI=1S/C12H20N2O2/c1-13-7-4-8-14-11(15)9-5-2-3-6-10(9)12(14)16/h9-10,13H,2-8H2,1H3. The van der Waals surface area contributed by atoms with Gasteiger partial charge < -0.3 is 5.32 Å². The molecule has 0 aromatic heterocycles. The molecule has 90 valence electrons. The quantitative estimate of drug-likeness (QED) is 0.567. The summed E-state index contributed by atoms with van der Waals surface area (Å²) in [5.41, 5.74) is 0. The highest BCUT2D eigenvalue weighted by Crippen LogP contribution is 2.37. The molecule has 1 aliphatic heterocycles. The number of fused-ring (bicyclic) bond motifs is 1. The van der Waals surface area contributed by atoms with E-state index in [1.54, 1.807) is 0 Å². The highest BCUT2D eigenvalue weighted by molar-refractivity contribution is 6.05. The highest BCUT2D eigenvalue weighted by Gasteiger charge is 2.47. The Bertz CT molecular complexity index is 267. The number of carbonyl (C=O) groups is 2. The molecule has 0 spiro atoms. The number of likely N-dealkylation sites (tertiary alicyclic amines) is 1. The van der Waals surface area contributed by atoms with E-state index in [0.29, 0.717) is 6.54 Å². The lowest BCUT2D eigenvalue weighted by Crippen LogP contribution is -2.33. The molecule has 2 unspecified atom stereocenters. The molecule has 2 amide bonds. The summed E-state index contributed by atoms with van der Waals surface area (Å²) >= 11 is 0. The van der Waals surface area contributed by atoms with E-state index in [0.717, 1.165) is 38.6 Å². The topological polar surface area (TPSA) is 49.4 Å². The molecule has 2 atom stereocenters. The third-order valence-electron chi connectivity index (χ3n) is 3.74. The van der Waals surface area contributed by atoms with Crippen LogP contribution in [0.5, 0.6) is 0 Å². The van der Waals surface area contributed by atoms with E-state index >= 15 is 0 Å². The Morgan fingerprint density at radius 3 is 2.25 bits per heavy atom. The third kappa shape index (κ3) is 1.98. The molecule has 2 rings (SSSR count). The van der Waals surface area contributed by atoms with Gasteiger partial charge in [0, 0.05) is 6.54 Å². The van der Waals surface area contributed by atoms with Gasteiger partial charge in [0.2, 0.25) is 11.8 Å². The molecule has 0 aromatic rings. The van der Waals surface area contributed by atoms with Crippen LogP contribution in [0.25, 0.3) is 0 Å². The Hall–Kier alpha value is -0.900. The second kappa shape index (κ2) is 4.95. The first-order chi connectivity index (χ1) is 7.75. The molecule has 1 heterocycles. The van der Waals surface area contributed by atoms with Crippen molar-refractivity contribution in [2.75, 3.05) is 20.1 Å². The summed E-state index contributed by atoms with van der Waals surface area (Å²) in [6.07, 6.45) is 4.89. The molecular weight excluding hydrogens is 204 g/mol. The lowest BCUT2D eigenvalue weighted by Gasteiger charge is -2.19. The molecule has 16 heavy (non-hydrogen) atoms. The molecule has 2 fully saturated rings. The van der Waals surface area contributed by atoms with Crippen molar-refractivity contribution < 1.29 is 9.59 Å². The number of hydrogen-bond donors (Lipinski definition) is 1. The number of imide groups is 1. The first-order valence-corrected chi connectivity index (χ1v) is 6.25. The fourth-order valence-corrected chi connectivity index (χ4v) is 2.87. The SMILES string of the molecule is CNCCCN1C(=O)C2CCCCC2C1=O. The summed E-state index contributed by atoms with van der Waals surface area (Å²) < 4.78 is 0. The predicted molar refractivity (Wildman–Crippen MR) is 60.7 cm³/mol. The van der Waals surface area contributed by atoms with E-state index in [4.69, 9.17) is 0 Å². The van der Waals surface area contributed by atoms with E-state index in [-0.39, 0.29) is 23.7 Å². The van der Waals surface area contributed by atoms with E-state index in [2.05, 4.69) is 5.32 Å². The first-order valence-electron chi connectivity index (χ1n) is 6.25. The number of amides is 2. The van der Waals surface area contributed by atoms with Crippen molar-refractivity contribution in [2.45, 2.75) is 32.1 Å². The van der Waals surface area contributed by atoms with E-state index < -0.39 is 0 Å². The van der Waals surface area contributed by atoms with Gasteiger partial charge in [-0.15, -0.1) is 0 Å². The maximum absolute atomic E-state index is 12.0. The largest absolute Gasteiger partial charge is 0.320 e. The van der Waals surface area contributed by atoms with Gasteiger partial charge in [0.05, 0.1) is 11.8 Å². The number of nitrogens with zero attached hydrogens (tertiary/aromatic N) is 1. The maximum atomic E-state index is 12.0. The summed E-state index contributed by atoms with van der Waals surface area (Å²) in [7, 11) is 1.88. The lowest BCUT2D eigenvalue weighted by atomic mass is 9.81. The van der Waals surface area contributed by atoms with Crippen molar-refractivity contribution >= 4 is 11.8 Å². The van der Waals surface area contributed by atoms with Crippen LogP contribution in [-0.4, -0.2) is 36.9 Å². The molecule has 2 aliphatic rings. The summed E-state index contributed by atoms with van der Waals surface area (Å²) in [4.78, 5) is 25.6. The lowest BCUT2D eigenvalue weighted by molar-refractivity contribution is -0.139. The van der Waals surface area contributed by atoms with Crippen LogP contribution in [0.2, 0.25) is 0 Å². The number of carbonyl (C=O) groups excluding carboxylic acids is 2. The van der Waals surface area contributed by atoms with Crippen molar-refractivity contribution in [3.05, 3.63) is 0 Å². The Labute approximate surface area is 96.4 Å². The summed E-state index contributed by atoms with van der Waals surface area (Å²) in [5.74, 6) is 0.197. The van der Waals surface area contributed by atoms with Crippen LogP contribution in [-0.2, 0) is 9.59 Å². The van der Waals surface area contributed by atoms with Gasteiger partial charge in [-0.1, -0.05) is 12.8 Å². The smallest absolute Gasteiger partial charge is 0.233 e. The molecule has 1 N–H and O–H groups in total. The Kier molecular flexibility index (Phi) is 3.59. The summed E-state index contributed by atoms with van der Waals surface area (Å²) in [6, 6.07) is 0. The van der Waals surface area contributed by atoms with Gasteiger partial charge >= 0.3 is 0 Å². The van der Waals surface area contributed by atoms with Crippen LogP contribution in [0.1, 0.15) is 32.1 Å². The number of hydrogen-bond acceptors (Lipinski definition) is 3. The predicted octanol–water partition coefficient (Wildman–Crippen LogP) is 0.771. The zero-order valence-corrected chi connectivity index (χ0v) is 9.87. The van der Waals surface area contributed by atoms with Crippen LogP contribution in [0.3, 0.4) is 0 Å². The molecular formula is C12H20N2O2. The van der Waals surface area contributed by atoms with Crippen molar-refractivity contribution in [3.63, 3.8) is 0 Å². The summed E-state index contributed by atoms with van der Waals surface area (Å²) in [6.45, 7) is 1.44. The van der Waals surface area contributed by atoms with Crippen LogP contribution in [0.15, 0.2) is 0 Å². The average molecular weight is 224 g/mol. The van der Waals surface area contributed by atoms with Crippen LogP contribution in [0, 0.1) is 11.8 Å². The molecule has 0 bridgehead atoms. The minimum Gasteiger partial charge on any atom is -0.320 e. The molecule has 1 saturated heterocycles. The maximum Gasteiger partial charge on any atom is 0.233 e. The van der Waals surface area contributed by atoms with Gasteiger partial charge in [-0.25, -0.2) is 0 Å². The molecule has 0 radical (unpaired) electrons. The van der Waals surface area contributed by atoms with E-state index in [1.165, 1.54) is 4.90 Å². The minimum atomic E-state index is 0.0100.